The van der Waals surface area contributed by atoms with Crippen LogP contribution in [0.25, 0.3) is 12.2 Å². The molecule has 0 amide bonds. The quantitative estimate of drug-likeness (QED) is 0.643. The second-order valence-electron chi connectivity index (χ2n) is 4.07. The van der Waals surface area contributed by atoms with E-state index in [2.05, 4.69) is 6.58 Å². The van der Waals surface area contributed by atoms with Gasteiger partial charge in [-0.05, 0) is 17.2 Å². The van der Waals surface area contributed by atoms with Crippen LogP contribution in [0, 0.1) is 0 Å². The van der Waals surface area contributed by atoms with E-state index in [0.29, 0.717) is 5.56 Å². The number of ether oxygens (including phenoxy) is 1. The summed E-state index contributed by atoms with van der Waals surface area (Å²) < 4.78 is 5.25. The van der Waals surface area contributed by atoms with E-state index in [0.717, 1.165) is 11.1 Å². The minimum absolute atomic E-state index is 0.711. The van der Waals surface area contributed by atoms with E-state index in [1.807, 2.05) is 54.6 Å². The Labute approximate surface area is 113 Å². The molecular weight excluding hydrogens is 236 g/mol. The summed E-state index contributed by atoms with van der Waals surface area (Å²) in [6.07, 6.45) is 4.11. The maximum absolute atomic E-state index is 9.86. The molecular formula is C17H16O2. The molecule has 1 atom stereocenters. The average molecular weight is 252 g/mol. The lowest BCUT2D eigenvalue weighted by Gasteiger charge is -2.10. The Balaban J connectivity index is 1.95. The summed E-state index contributed by atoms with van der Waals surface area (Å²) in [5, 5.41) is 9.86. The summed E-state index contributed by atoms with van der Waals surface area (Å²) in [5.74, 6) is 0. The van der Waals surface area contributed by atoms with Crippen molar-refractivity contribution in [1.82, 2.24) is 0 Å². The van der Waals surface area contributed by atoms with Crippen LogP contribution in [-0.4, -0.2) is 5.11 Å². The van der Waals surface area contributed by atoms with Crippen LogP contribution in [0.4, 0.5) is 0 Å². The highest BCUT2D eigenvalue weighted by Gasteiger charge is 2.05. The molecule has 2 nitrogen and oxygen atoms in total. The number of benzene rings is 2. The van der Waals surface area contributed by atoms with Gasteiger partial charge in [-0.15, -0.1) is 0 Å². The average Bonchev–Trinajstić information content (AvgIpc) is 2.48. The summed E-state index contributed by atoms with van der Waals surface area (Å²) in [6, 6.07) is 17.2. The van der Waals surface area contributed by atoms with Gasteiger partial charge in [0.05, 0.1) is 6.26 Å². The molecule has 2 rings (SSSR count). The Bertz CT molecular complexity index is 541. The molecule has 2 heteroatoms. The summed E-state index contributed by atoms with van der Waals surface area (Å²) >= 11 is 0. The molecule has 19 heavy (non-hydrogen) atoms. The van der Waals surface area contributed by atoms with E-state index in [1.165, 1.54) is 6.26 Å². The molecule has 0 fully saturated rings. The van der Waals surface area contributed by atoms with E-state index in [4.69, 9.17) is 4.74 Å². The van der Waals surface area contributed by atoms with Crippen molar-refractivity contribution in [3.63, 3.8) is 0 Å². The first-order valence-corrected chi connectivity index (χ1v) is 6.07. The molecule has 0 radical (unpaired) electrons. The summed E-state index contributed by atoms with van der Waals surface area (Å²) in [6.45, 7) is 3.68. The van der Waals surface area contributed by atoms with Crippen molar-refractivity contribution in [2.45, 2.75) is 6.29 Å². The Morgan fingerprint density at radius 1 is 0.947 bits per heavy atom. The zero-order chi connectivity index (χ0) is 13.5. The number of aliphatic hydroxyl groups excluding tert-OH is 1. The van der Waals surface area contributed by atoms with E-state index in [1.54, 1.807) is 12.2 Å². The molecule has 2 aromatic carbocycles. The lowest BCUT2D eigenvalue weighted by atomic mass is 10.1. The molecule has 0 aromatic heterocycles. The highest BCUT2D eigenvalue weighted by atomic mass is 16.6. The smallest absolute Gasteiger partial charge is 0.223 e. The van der Waals surface area contributed by atoms with Gasteiger partial charge in [-0.1, -0.05) is 67.3 Å². The first-order chi connectivity index (χ1) is 9.29. The molecule has 0 saturated heterocycles. The number of hydrogen-bond acceptors (Lipinski definition) is 2. The largest absolute Gasteiger partial charge is 0.468 e. The van der Waals surface area contributed by atoms with Gasteiger partial charge in [0.2, 0.25) is 6.29 Å². The van der Waals surface area contributed by atoms with Gasteiger partial charge in [-0.25, -0.2) is 0 Å². The van der Waals surface area contributed by atoms with Crippen LogP contribution in [-0.2, 0) is 4.74 Å². The first-order valence-electron chi connectivity index (χ1n) is 6.07. The van der Waals surface area contributed by atoms with Gasteiger partial charge < -0.3 is 9.84 Å². The lowest BCUT2D eigenvalue weighted by molar-refractivity contribution is -0.0530. The third kappa shape index (κ3) is 3.83. The van der Waals surface area contributed by atoms with E-state index >= 15 is 0 Å². The summed E-state index contributed by atoms with van der Waals surface area (Å²) in [4.78, 5) is 0. The molecule has 0 saturated carbocycles. The molecule has 1 N–H and O–H groups in total. The Morgan fingerprint density at radius 3 is 2.26 bits per heavy atom. The third-order valence-electron chi connectivity index (χ3n) is 2.72. The number of hydrogen-bond donors (Lipinski definition) is 1. The predicted octanol–water partition coefficient (Wildman–Crippen LogP) is 4.01. The van der Waals surface area contributed by atoms with Crippen molar-refractivity contribution < 1.29 is 9.84 Å². The zero-order valence-corrected chi connectivity index (χ0v) is 10.6. The van der Waals surface area contributed by atoms with Gasteiger partial charge >= 0.3 is 0 Å². The predicted molar refractivity (Wildman–Crippen MR) is 78.1 cm³/mol. The zero-order valence-electron chi connectivity index (χ0n) is 10.6. The van der Waals surface area contributed by atoms with Crippen LogP contribution >= 0.6 is 0 Å². The topological polar surface area (TPSA) is 29.5 Å². The molecule has 96 valence electrons. The first kappa shape index (κ1) is 13.1. The van der Waals surface area contributed by atoms with Crippen molar-refractivity contribution in [3.05, 3.63) is 84.1 Å². The highest BCUT2D eigenvalue weighted by Crippen LogP contribution is 2.16. The van der Waals surface area contributed by atoms with Gasteiger partial charge in [0, 0.05) is 5.56 Å². The maximum atomic E-state index is 9.86. The minimum atomic E-state index is -0.959. The van der Waals surface area contributed by atoms with Gasteiger partial charge in [0.1, 0.15) is 0 Å². The van der Waals surface area contributed by atoms with Crippen LogP contribution in [0.1, 0.15) is 23.0 Å². The Hall–Kier alpha value is -2.32. The maximum Gasteiger partial charge on any atom is 0.223 e. The van der Waals surface area contributed by atoms with Crippen molar-refractivity contribution in [2.24, 2.45) is 0 Å². The molecule has 0 heterocycles. The van der Waals surface area contributed by atoms with Crippen molar-refractivity contribution in [3.8, 4) is 0 Å². The SMILES string of the molecule is C=Cc1ccc(C(O)OC=Cc2ccccc2)cc1. The molecule has 2 aromatic rings. The van der Waals surface area contributed by atoms with Crippen LogP contribution in [0.15, 0.2) is 67.4 Å². The van der Waals surface area contributed by atoms with Crippen molar-refractivity contribution in [2.75, 3.05) is 0 Å². The third-order valence-corrected chi connectivity index (χ3v) is 2.72. The van der Waals surface area contributed by atoms with Crippen LogP contribution < -0.4 is 0 Å². The molecule has 0 aliphatic rings. The standard InChI is InChI=1S/C17H16O2/c1-2-14-8-10-16(11-9-14)17(18)19-13-12-15-6-4-3-5-7-15/h2-13,17-18H,1H2. The number of aliphatic hydroxyl groups is 1. The lowest BCUT2D eigenvalue weighted by Crippen LogP contribution is -1.98. The molecule has 1 unspecified atom stereocenters. The Kier molecular flexibility index (Phi) is 4.54. The van der Waals surface area contributed by atoms with E-state index in [9.17, 15) is 5.11 Å². The van der Waals surface area contributed by atoms with Gasteiger partial charge in [0.25, 0.3) is 0 Å². The van der Waals surface area contributed by atoms with E-state index < -0.39 is 6.29 Å². The monoisotopic (exact) mass is 252 g/mol. The normalized spacial score (nSPS) is 12.3. The fourth-order valence-corrected chi connectivity index (χ4v) is 1.63. The second kappa shape index (κ2) is 6.57. The van der Waals surface area contributed by atoms with Crippen LogP contribution in [0.5, 0.6) is 0 Å². The molecule has 0 aliphatic heterocycles. The van der Waals surface area contributed by atoms with Crippen molar-refractivity contribution in [1.29, 1.82) is 0 Å². The minimum Gasteiger partial charge on any atom is -0.468 e. The van der Waals surface area contributed by atoms with E-state index in [-0.39, 0.29) is 0 Å². The fourth-order valence-electron chi connectivity index (χ4n) is 1.63. The molecule has 0 bridgehead atoms. The summed E-state index contributed by atoms with van der Waals surface area (Å²) in [5.41, 5.74) is 2.75. The van der Waals surface area contributed by atoms with Crippen molar-refractivity contribution >= 4 is 12.2 Å². The fraction of sp³-hybridized carbons (Fsp3) is 0.0588. The summed E-state index contributed by atoms with van der Waals surface area (Å²) in [7, 11) is 0. The van der Waals surface area contributed by atoms with Gasteiger partial charge in [0.15, 0.2) is 0 Å². The number of rotatable bonds is 5. The van der Waals surface area contributed by atoms with Gasteiger partial charge in [-0.2, -0.15) is 0 Å². The van der Waals surface area contributed by atoms with Gasteiger partial charge in [-0.3, -0.25) is 0 Å². The van der Waals surface area contributed by atoms with Crippen LogP contribution in [0.3, 0.4) is 0 Å². The highest BCUT2D eigenvalue weighted by molar-refractivity contribution is 5.48. The molecule has 0 spiro atoms. The Morgan fingerprint density at radius 2 is 1.63 bits per heavy atom. The second-order valence-corrected chi connectivity index (χ2v) is 4.07. The molecule has 0 aliphatic carbocycles. The van der Waals surface area contributed by atoms with Crippen LogP contribution in [0.2, 0.25) is 0 Å².